The second-order valence-electron chi connectivity index (χ2n) is 5.46. The van der Waals surface area contributed by atoms with Crippen LogP contribution in [0.3, 0.4) is 0 Å². The molecule has 0 fully saturated rings. The van der Waals surface area contributed by atoms with Crippen LogP contribution in [0.15, 0.2) is 48.8 Å². The van der Waals surface area contributed by atoms with Crippen molar-refractivity contribution in [2.45, 2.75) is 6.92 Å². The smallest absolute Gasteiger partial charge is 0.255 e. The fraction of sp³-hybridized carbons (Fsp3) is 0.167. The van der Waals surface area contributed by atoms with Gasteiger partial charge in [-0.1, -0.05) is 12.1 Å². The van der Waals surface area contributed by atoms with Crippen LogP contribution in [0.2, 0.25) is 0 Å². The molecule has 0 saturated carbocycles. The molecule has 0 spiro atoms. The van der Waals surface area contributed by atoms with Crippen LogP contribution in [0.1, 0.15) is 15.9 Å². The molecular formula is C18H18N4O2. The molecule has 1 aromatic heterocycles. The quantitative estimate of drug-likeness (QED) is 0.801. The van der Waals surface area contributed by atoms with E-state index in [-0.39, 0.29) is 5.91 Å². The molecule has 6 nitrogen and oxygen atoms in total. The van der Waals surface area contributed by atoms with Crippen molar-refractivity contribution < 1.29 is 9.53 Å². The number of ether oxygens (including phenoxy) is 1. The molecular weight excluding hydrogens is 304 g/mol. The highest BCUT2D eigenvalue weighted by atomic mass is 16.5. The zero-order valence-electron chi connectivity index (χ0n) is 13.8. The predicted molar refractivity (Wildman–Crippen MR) is 92.1 cm³/mol. The highest BCUT2D eigenvalue weighted by Crippen LogP contribution is 2.21. The summed E-state index contributed by atoms with van der Waals surface area (Å²) in [6, 6.07) is 12.8. The molecule has 122 valence electrons. The van der Waals surface area contributed by atoms with Crippen molar-refractivity contribution in [2.75, 3.05) is 12.4 Å². The number of methoxy groups -OCH3 is 1. The van der Waals surface area contributed by atoms with Gasteiger partial charge in [-0.15, -0.1) is 0 Å². The SMILES string of the molecule is COc1ccc(C(=O)Nc2cccc(-c3ncn(C)n3)c2)c(C)c1. The molecule has 0 aliphatic rings. The van der Waals surface area contributed by atoms with Crippen LogP contribution < -0.4 is 10.1 Å². The van der Waals surface area contributed by atoms with Gasteiger partial charge >= 0.3 is 0 Å². The lowest BCUT2D eigenvalue weighted by Crippen LogP contribution is -2.13. The van der Waals surface area contributed by atoms with Crippen molar-refractivity contribution in [2.24, 2.45) is 7.05 Å². The molecule has 1 heterocycles. The van der Waals surface area contributed by atoms with Crippen molar-refractivity contribution in [3.63, 3.8) is 0 Å². The van der Waals surface area contributed by atoms with Gasteiger partial charge in [-0.3, -0.25) is 9.48 Å². The lowest BCUT2D eigenvalue weighted by atomic mass is 10.1. The molecule has 3 aromatic rings. The summed E-state index contributed by atoms with van der Waals surface area (Å²) in [5.74, 6) is 1.18. The Morgan fingerprint density at radius 1 is 1.21 bits per heavy atom. The average molecular weight is 322 g/mol. The van der Waals surface area contributed by atoms with Gasteiger partial charge in [0.1, 0.15) is 12.1 Å². The highest BCUT2D eigenvalue weighted by molar-refractivity contribution is 6.05. The number of rotatable bonds is 4. The molecule has 0 saturated heterocycles. The lowest BCUT2D eigenvalue weighted by molar-refractivity contribution is 0.102. The summed E-state index contributed by atoms with van der Waals surface area (Å²) >= 11 is 0. The van der Waals surface area contributed by atoms with Crippen molar-refractivity contribution in [1.82, 2.24) is 14.8 Å². The molecule has 24 heavy (non-hydrogen) atoms. The second kappa shape index (κ2) is 6.54. The van der Waals surface area contributed by atoms with E-state index in [4.69, 9.17) is 4.74 Å². The van der Waals surface area contributed by atoms with Crippen molar-refractivity contribution >= 4 is 11.6 Å². The maximum absolute atomic E-state index is 12.5. The standard InChI is InChI=1S/C18H18N4O2/c1-12-9-15(24-3)7-8-16(12)18(23)20-14-6-4-5-13(10-14)17-19-11-22(2)21-17/h4-11H,1-3H3,(H,20,23). The van der Waals surface area contributed by atoms with Crippen LogP contribution in [0.4, 0.5) is 5.69 Å². The van der Waals surface area contributed by atoms with E-state index in [9.17, 15) is 4.79 Å². The van der Waals surface area contributed by atoms with E-state index in [1.54, 1.807) is 30.3 Å². The summed E-state index contributed by atoms with van der Waals surface area (Å²) in [5.41, 5.74) is 3.01. The second-order valence-corrected chi connectivity index (χ2v) is 5.46. The Balaban J connectivity index is 1.82. The van der Waals surface area contributed by atoms with Crippen LogP contribution in [0.25, 0.3) is 11.4 Å². The number of nitrogens with one attached hydrogen (secondary N) is 1. The van der Waals surface area contributed by atoms with Crippen molar-refractivity contribution in [3.8, 4) is 17.1 Å². The first kappa shape index (κ1) is 15.7. The number of carbonyl (C=O) groups excluding carboxylic acids is 1. The normalized spacial score (nSPS) is 10.5. The summed E-state index contributed by atoms with van der Waals surface area (Å²) in [4.78, 5) is 16.7. The Morgan fingerprint density at radius 2 is 2.04 bits per heavy atom. The van der Waals surface area contributed by atoms with Crippen molar-refractivity contribution in [1.29, 1.82) is 0 Å². The molecule has 0 unspecified atom stereocenters. The maximum atomic E-state index is 12.5. The molecule has 1 N–H and O–H groups in total. The maximum Gasteiger partial charge on any atom is 0.255 e. The van der Waals surface area contributed by atoms with Crippen LogP contribution in [-0.2, 0) is 7.05 Å². The van der Waals surface area contributed by atoms with Crippen molar-refractivity contribution in [3.05, 3.63) is 59.9 Å². The van der Waals surface area contributed by atoms with E-state index in [1.807, 2.05) is 44.3 Å². The average Bonchev–Trinajstić information content (AvgIpc) is 3.01. The fourth-order valence-corrected chi connectivity index (χ4v) is 2.42. The highest BCUT2D eigenvalue weighted by Gasteiger charge is 2.11. The molecule has 0 bridgehead atoms. The van der Waals surface area contributed by atoms with Crippen LogP contribution >= 0.6 is 0 Å². The Bertz CT molecular complexity index is 886. The molecule has 0 atom stereocenters. The first-order valence-electron chi connectivity index (χ1n) is 7.49. The summed E-state index contributed by atoms with van der Waals surface area (Å²) in [6.07, 6.45) is 1.64. The number of amides is 1. The zero-order chi connectivity index (χ0) is 17.1. The summed E-state index contributed by atoms with van der Waals surface area (Å²) in [7, 11) is 3.42. The lowest BCUT2D eigenvalue weighted by Gasteiger charge is -2.10. The van der Waals surface area contributed by atoms with E-state index in [0.717, 1.165) is 16.9 Å². The Morgan fingerprint density at radius 3 is 2.71 bits per heavy atom. The molecule has 6 heteroatoms. The molecule has 0 aliphatic heterocycles. The number of hydrogen-bond donors (Lipinski definition) is 1. The fourth-order valence-electron chi connectivity index (χ4n) is 2.42. The minimum absolute atomic E-state index is 0.165. The minimum atomic E-state index is -0.165. The van der Waals surface area contributed by atoms with Gasteiger partial charge in [0.2, 0.25) is 0 Å². The monoisotopic (exact) mass is 322 g/mol. The van der Waals surface area contributed by atoms with Gasteiger partial charge in [0.05, 0.1) is 7.11 Å². The van der Waals surface area contributed by atoms with Gasteiger partial charge in [0, 0.05) is 23.9 Å². The molecule has 3 rings (SSSR count). The summed E-state index contributed by atoms with van der Waals surface area (Å²) < 4.78 is 6.81. The number of aryl methyl sites for hydroxylation is 2. The first-order valence-corrected chi connectivity index (χ1v) is 7.49. The van der Waals surface area contributed by atoms with Crippen LogP contribution in [-0.4, -0.2) is 27.8 Å². The van der Waals surface area contributed by atoms with Gasteiger partial charge in [0.25, 0.3) is 5.91 Å². The van der Waals surface area contributed by atoms with E-state index in [2.05, 4.69) is 15.4 Å². The number of carbonyl (C=O) groups is 1. The number of hydrogen-bond acceptors (Lipinski definition) is 4. The third kappa shape index (κ3) is 3.27. The summed E-state index contributed by atoms with van der Waals surface area (Å²) in [5, 5.41) is 7.18. The van der Waals surface area contributed by atoms with Gasteiger partial charge in [-0.2, -0.15) is 5.10 Å². The largest absolute Gasteiger partial charge is 0.497 e. The van der Waals surface area contributed by atoms with E-state index in [1.165, 1.54) is 0 Å². The number of anilines is 1. The van der Waals surface area contributed by atoms with Gasteiger partial charge in [-0.25, -0.2) is 4.98 Å². The topological polar surface area (TPSA) is 69.0 Å². The molecule has 0 radical (unpaired) electrons. The first-order chi connectivity index (χ1) is 11.6. The predicted octanol–water partition coefficient (Wildman–Crippen LogP) is 3.05. The molecule has 0 aliphatic carbocycles. The third-order valence-electron chi connectivity index (χ3n) is 3.66. The van der Waals surface area contributed by atoms with E-state index >= 15 is 0 Å². The number of aromatic nitrogens is 3. The van der Waals surface area contributed by atoms with Crippen LogP contribution in [0, 0.1) is 6.92 Å². The summed E-state index contributed by atoms with van der Waals surface area (Å²) in [6.45, 7) is 1.88. The van der Waals surface area contributed by atoms with Gasteiger partial charge in [-0.05, 0) is 42.8 Å². The minimum Gasteiger partial charge on any atom is -0.497 e. The number of benzene rings is 2. The third-order valence-corrected chi connectivity index (χ3v) is 3.66. The van der Waals surface area contributed by atoms with E-state index < -0.39 is 0 Å². The number of nitrogens with zero attached hydrogens (tertiary/aromatic N) is 3. The molecule has 1 amide bonds. The Kier molecular flexibility index (Phi) is 4.29. The van der Waals surface area contributed by atoms with Gasteiger partial charge in [0.15, 0.2) is 5.82 Å². The zero-order valence-corrected chi connectivity index (χ0v) is 13.8. The molecule has 2 aromatic carbocycles. The Hall–Kier alpha value is -3.15. The van der Waals surface area contributed by atoms with E-state index in [0.29, 0.717) is 17.1 Å². The Labute approximate surface area is 140 Å². The van der Waals surface area contributed by atoms with Crippen LogP contribution in [0.5, 0.6) is 5.75 Å². The van der Waals surface area contributed by atoms with Gasteiger partial charge < -0.3 is 10.1 Å².